The van der Waals surface area contributed by atoms with Crippen LogP contribution >= 0.6 is 11.3 Å². The second kappa shape index (κ2) is 6.82. The van der Waals surface area contributed by atoms with E-state index in [1.54, 1.807) is 0 Å². The number of hydrogen-bond acceptors (Lipinski definition) is 4. The van der Waals surface area contributed by atoms with E-state index in [0.717, 1.165) is 12.5 Å². The molecular formula is C15H27N3S. The number of piperidine rings is 1. The third kappa shape index (κ3) is 4.26. The molecule has 2 heterocycles. The van der Waals surface area contributed by atoms with Crippen molar-refractivity contribution >= 4 is 11.3 Å². The lowest BCUT2D eigenvalue weighted by Crippen LogP contribution is -2.38. The number of likely N-dealkylation sites (tertiary alicyclic amines) is 1. The van der Waals surface area contributed by atoms with Crippen LogP contribution in [-0.2, 0) is 0 Å². The van der Waals surface area contributed by atoms with Crippen LogP contribution in [0.3, 0.4) is 0 Å². The lowest BCUT2D eigenvalue weighted by molar-refractivity contribution is 0.191. The number of nitrogens with one attached hydrogen (secondary N) is 1. The van der Waals surface area contributed by atoms with Gasteiger partial charge >= 0.3 is 0 Å². The van der Waals surface area contributed by atoms with Gasteiger partial charge in [0.25, 0.3) is 0 Å². The van der Waals surface area contributed by atoms with E-state index in [2.05, 4.69) is 42.9 Å². The lowest BCUT2D eigenvalue weighted by Gasteiger charge is -2.30. The summed E-state index contributed by atoms with van der Waals surface area (Å²) in [6.45, 7) is 13.6. The third-order valence-electron chi connectivity index (χ3n) is 4.09. The SMILES string of the molecule is Cc1nc(C)c(C(C)NCCN2CCC(C)CC2)s1. The standard InChI is InChI=1S/C15H27N3S/c1-11-5-8-18(9-6-11)10-7-16-12(2)15-13(3)17-14(4)19-15/h11-12,16H,5-10H2,1-4H3. The highest BCUT2D eigenvalue weighted by atomic mass is 32.1. The van der Waals surface area contributed by atoms with Crippen LogP contribution in [0.2, 0.25) is 0 Å². The summed E-state index contributed by atoms with van der Waals surface area (Å²) in [7, 11) is 0. The Hall–Kier alpha value is -0.450. The van der Waals surface area contributed by atoms with E-state index in [9.17, 15) is 0 Å². The predicted molar refractivity (Wildman–Crippen MR) is 82.8 cm³/mol. The van der Waals surface area contributed by atoms with E-state index in [1.807, 2.05) is 11.3 Å². The molecule has 0 bridgehead atoms. The number of aromatic nitrogens is 1. The van der Waals surface area contributed by atoms with Crippen LogP contribution in [0.5, 0.6) is 0 Å². The second-order valence-corrected chi connectivity index (χ2v) is 7.12. The van der Waals surface area contributed by atoms with Crippen LogP contribution in [0, 0.1) is 19.8 Å². The minimum atomic E-state index is 0.426. The maximum Gasteiger partial charge on any atom is 0.0900 e. The smallest absolute Gasteiger partial charge is 0.0900 e. The van der Waals surface area contributed by atoms with Crippen molar-refractivity contribution in [2.75, 3.05) is 26.2 Å². The van der Waals surface area contributed by atoms with Crippen LogP contribution in [0.15, 0.2) is 0 Å². The lowest BCUT2D eigenvalue weighted by atomic mass is 9.99. The van der Waals surface area contributed by atoms with Crippen LogP contribution in [0.4, 0.5) is 0 Å². The maximum atomic E-state index is 4.51. The Labute approximate surface area is 121 Å². The molecule has 108 valence electrons. The van der Waals surface area contributed by atoms with Crippen molar-refractivity contribution in [3.8, 4) is 0 Å². The van der Waals surface area contributed by atoms with Crippen molar-refractivity contribution in [2.24, 2.45) is 5.92 Å². The fourth-order valence-corrected chi connectivity index (χ4v) is 3.72. The zero-order chi connectivity index (χ0) is 13.8. The first kappa shape index (κ1) is 14.9. The molecule has 0 radical (unpaired) electrons. The van der Waals surface area contributed by atoms with Gasteiger partial charge in [0.05, 0.1) is 10.7 Å². The van der Waals surface area contributed by atoms with Crippen molar-refractivity contribution < 1.29 is 0 Å². The number of aryl methyl sites for hydroxylation is 2. The Morgan fingerprint density at radius 2 is 2.05 bits per heavy atom. The van der Waals surface area contributed by atoms with Crippen molar-refractivity contribution in [2.45, 2.75) is 46.6 Å². The summed E-state index contributed by atoms with van der Waals surface area (Å²) in [6.07, 6.45) is 2.73. The monoisotopic (exact) mass is 281 g/mol. The molecule has 0 amide bonds. The summed E-state index contributed by atoms with van der Waals surface area (Å²) in [6, 6.07) is 0.426. The molecule has 3 nitrogen and oxygen atoms in total. The molecule has 1 atom stereocenters. The van der Waals surface area contributed by atoms with Crippen molar-refractivity contribution in [1.29, 1.82) is 0 Å². The highest BCUT2D eigenvalue weighted by Gasteiger charge is 2.16. The third-order valence-corrected chi connectivity index (χ3v) is 5.34. The zero-order valence-corrected chi connectivity index (χ0v) is 13.5. The number of hydrogen-bond donors (Lipinski definition) is 1. The van der Waals surface area contributed by atoms with Crippen LogP contribution in [0.25, 0.3) is 0 Å². The molecule has 0 spiro atoms. The average Bonchev–Trinajstić information content (AvgIpc) is 2.71. The molecule has 0 aliphatic carbocycles. The van der Waals surface area contributed by atoms with Gasteiger partial charge in [0.1, 0.15) is 0 Å². The Bertz CT molecular complexity index is 394. The molecule has 1 aromatic rings. The summed E-state index contributed by atoms with van der Waals surface area (Å²) < 4.78 is 0. The molecule has 1 N–H and O–H groups in total. The molecule has 1 aliphatic heterocycles. The minimum Gasteiger partial charge on any atom is -0.308 e. The summed E-state index contributed by atoms with van der Waals surface area (Å²) in [5, 5.41) is 4.81. The summed E-state index contributed by atoms with van der Waals surface area (Å²) in [4.78, 5) is 8.49. The molecule has 1 aromatic heterocycles. The average molecular weight is 281 g/mol. The molecular weight excluding hydrogens is 254 g/mol. The van der Waals surface area contributed by atoms with Gasteiger partial charge < -0.3 is 10.2 Å². The van der Waals surface area contributed by atoms with Gasteiger partial charge in [-0.1, -0.05) is 6.92 Å². The molecule has 4 heteroatoms. The van der Waals surface area contributed by atoms with Gasteiger partial charge in [0.15, 0.2) is 0 Å². The van der Waals surface area contributed by atoms with Crippen LogP contribution in [-0.4, -0.2) is 36.1 Å². The largest absolute Gasteiger partial charge is 0.308 e. The van der Waals surface area contributed by atoms with Gasteiger partial charge in [-0.3, -0.25) is 0 Å². The van der Waals surface area contributed by atoms with Gasteiger partial charge in [-0.25, -0.2) is 4.98 Å². The summed E-state index contributed by atoms with van der Waals surface area (Å²) in [5.74, 6) is 0.922. The topological polar surface area (TPSA) is 28.2 Å². The van der Waals surface area contributed by atoms with Gasteiger partial charge in [0, 0.05) is 24.0 Å². The number of nitrogens with zero attached hydrogens (tertiary/aromatic N) is 2. The fourth-order valence-electron chi connectivity index (χ4n) is 2.77. The van der Waals surface area contributed by atoms with Crippen molar-refractivity contribution in [3.63, 3.8) is 0 Å². The molecule has 1 saturated heterocycles. The van der Waals surface area contributed by atoms with E-state index in [1.165, 1.54) is 48.1 Å². The maximum absolute atomic E-state index is 4.51. The summed E-state index contributed by atoms with van der Waals surface area (Å²) in [5.41, 5.74) is 1.19. The molecule has 1 unspecified atom stereocenters. The molecule has 1 fully saturated rings. The van der Waals surface area contributed by atoms with Gasteiger partial charge in [-0.15, -0.1) is 11.3 Å². The predicted octanol–water partition coefficient (Wildman–Crippen LogP) is 3.14. The summed E-state index contributed by atoms with van der Waals surface area (Å²) >= 11 is 1.82. The van der Waals surface area contributed by atoms with E-state index in [-0.39, 0.29) is 0 Å². The van der Waals surface area contributed by atoms with E-state index < -0.39 is 0 Å². The molecule has 2 rings (SSSR count). The quantitative estimate of drug-likeness (QED) is 0.898. The van der Waals surface area contributed by atoms with Crippen LogP contribution < -0.4 is 5.32 Å². The van der Waals surface area contributed by atoms with Crippen molar-refractivity contribution in [1.82, 2.24) is 15.2 Å². The Kier molecular flexibility index (Phi) is 5.37. The Balaban J connectivity index is 1.72. The van der Waals surface area contributed by atoms with E-state index in [0.29, 0.717) is 6.04 Å². The van der Waals surface area contributed by atoms with Gasteiger partial charge in [-0.2, -0.15) is 0 Å². The number of thiazole rings is 1. The minimum absolute atomic E-state index is 0.426. The Morgan fingerprint density at radius 1 is 1.37 bits per heavy atom. The highest BCUT2D eigenvalue weighted by Crippen LogP contribution is 2.24. The van der Waals surface area contributed by atoms with Gasteiger partial charge in [0.2, 0.25) is 0 Å². The molecule has 1 aliphatic rings. The van der Waals surface area contributed by atoms with E-state index in [4.69, 9.17) is 0 Å². The molecule has 0 saturated carbocycles. The van der Waals surface area contributed by atoms with Gasteiger partial charge in [-0.05, 0) is 52.6 Å². The van der Waals surface area contributed by atoms with Crippen LogP contribution in [0.1, 0.15) is 48.3 Å². The first-order valence-corrected chi connectivity index (χ1v) is 8.27. The molecule has 19 heavy (non-hydrogen) atoms. The van der Waals surface area contributed by atoms with Crippen molar-refractivity contribution in [3.05, 3.63) is 15.6 Å². The van der Waals surface area contributed by atoms with E-state index >= 15 is 0 Å². The Morgan fingerprint density at radius 3 is 2.63 bits per heavy atom. The first-order chi connectivity index (χ1) is 9.06. The second-order valence-electron chi connectivity index (χ2n) is 5.88. The number of rotatable bonds is 5. The first-order valence-electron chi connectivity index (χ1n) is 7.46. The highest BCUT2D eigenvalue weighted by molar-refractivity contribution is 7.11. The zero-order valence-electron chi connectivity index (χ0n) is 12.7. The normalized spacial score (nSPS) is 19.8. The molecule has 0 aromatic carbocycles. The fraction of sp³-hybridized carbons (Fsp3) is 0.800.